The van der Waals surface area contributed by atoms with Crippen LogP contribution in [0.4, 0.5) is 0 Å². The number of quaternary nitrogens is 1. The van der Waals surface area contributed by atoms with Gasteiger partial charge >= 0.3 is 5.09 Å². The van der Waals surface area contributed by atoms with Crippen LogP contribution in [-0.4, -0.2) is 46.2 Å². The Morgan fingerprint density at radius 2 is 0.857 bits per heavy atom. The van der Waals surface area contributed by atoms with Gasteiger partial charge in [-0.25, -0.2) is 10.4 Å². The van der Waals surface area contributed by atoms with Crippen LogP contribution in [0.5, 0.6) is 0 Å². The molecule has 0 aromatic carbocycles. The van der Waals surface area contributed by atoms with Crippen molar-refractivity contribution in [3.63, 3.8) is 0 Å². The van der Waals surface area contributed by atoms with Crippen molar-refractivity contribution in [2.75, 3.05) is 26.2 Å². The van der Waals surface area contributed by atoms with Gasteiger partial charge in [-0.15, -0.1) is 0 Å². The van der Waals surface area contributed by atoms with E-state index in [9.17, 15) is 0 Å². The fourth-order valence-corrected chi connectivity index (χ4v) is 2.64. The summed E-state index contributed by atoms with van der Waals surface area (Å²) < 4.78 is 1.42. The van der Waals surface area contributed by atoms with E-state index in [1.165, 1.54) is 82.0 Å². The predicted octanol–water partition coefficient (Wildman–Crippen LogP) is 4.55. The summed E-state index contributed by atoms with van der Waals surface area (Å²) >= 11 is 0. The molecule has 21 heavy (non-hydrogen) atoms. The van der Waals surface area contributed by atoms with Gasteiger partial charge in [0.2, 0.25) is 0 Å². The number of nitrogens with zero attached hydrogens (tertiary/aromatic N) is 2. The van der Waals surface area contributed by atoms with Crippen LogP contribution in [0.15, 0.2) is 0 Å². The first-order valence-electron chi connectivity index (χ1n) is 8.68. The molecule has 0 aliphatic rings. The van der Waals surface area contributed by atoms with E-state index in [2.05, 4.69) is 27.7 Å². The van der Waals surface area contributed by atoms with Gasteiger partial charge < -0.3 is 4.48 Å². The molecule has 0 heterocycles. The van der Waals surface area contributed by atoms with Crippen LogP contribution in [0.25, 0.3) is 0 Å². The molecule has 0 aliphatic heterocycles. The molecule has 0 amide bonds. The Hall–Kier alpha value is -0.840. The molecule has 0 saturated carbocycles. The van der Waals surface area contributed by atoms with Crippen molar-refractivity contribution < 1.29 is 20.0 Å². The standard InChI is InChI=1S/C16H36N.H2NO3/c1-5-9-13-17(14-10-6-2,15-11-7-3)16-12-8-4;2-1(3)4/h5-16H2,1-4H3;(H2,2,3,4)/q2*+1. The van der Waals surface area contributed by atoms with Gasteiger partial charge in [0.05, 0.1) is 26.2 Å². The molecule has 128 valence electrons. The maximum atomic E-state index is 8.47. The van der Waals surface area contributed by atoms with E-state index in [1.807, 2.05) is 0 Å². The number of rotatable bonds is 12. The lowest BCUT2D eigenvalue weighted by Crippen LogP contribution is -2.50. The maximum Gasteiger partial charge on any atom is 0.472 e. The van der Waals surface area contributed by atoms with Crippen LogP contribution in [0.1, 0.15) is 79.1 Å². The van der Waals surface area contributed by atoms with Gasteiger partial charge in [-0.3, -0.25) is 0 Å². The molecule has 0 fully saturated rings. The molecule has 0 unspecified atom stereocenters. The fourth-order valence-electron chi connectivity index (χ4n) is 2.64. The average Bonchev–Trinajstić information content (AvgIpc) is 2.45. The van der Waals surface area contributed by atoms with Crippen LogP contribution in [0.3, 0.4) is 0 Å². The van der Waals surface area contributed by atoms with Crippen LogP contribution in [0, 0.1) is 4.91 Å². The average molecular weight is 306 g/mol. The minimum atomic E-state index is -1.25. The van der Waals surface area contributed by atoms with E-state index in [0.29, 0.717) is 0 Å². The van der Waals surface area contributed by atoms with Crippen molar-refractivity contribution >= 4 is 0 Å². The van der Waals surface area contributed by atoms with Gasteiger partial charge in [0, 0.05) is 0 Å². The summed E-state index contributed by atoms with van der Waals surface area (Å²) in [6, 6.07) is 0. The zero-order valence-electron chi connectivity index (χ0n) is 14.7. The van der Waals surface area contributed by atoms with Crippen molar-refractivity contribution in [2.45, 2.75) is 79.1 Å². The first-order chi connectivity index (χ1) is 9.97. The highest BCUT2D eigenvalue weighted by Gasteiger charge is 2.24. The summed E-state index contributed by atoms with van der Waals surface area (Å²) in [5, 5.41) is 12.5. The van der Waals surface area contributed by atoms with Crippen molar-refractivity contribution in [3.8, 4) is 0 Å². The third-order valence-electron chi connectivity index (χ3n) is 3.94. The van der Waals surface area contributed by atoms with Crippen LogP contribution >= 0.6 is 0 Å². The lowest BCUT2D eigenvalue weighted by atomic mass is 10.1. The molecule has 5 heteroatoms. The highest BCUT2D eigenvalue weighted by molar-refractivity contribution is 4.49. The maximum absolute atomic E-state index is 8.47. The highest BCUT2D eigenvalue weighted by Crippen LogP contribution is 2.16. The molecule has 0 radical (unpaired) electrons. The monoisotopic (exact) mass is 306 g/mol. The van der Waals surface area contributed by atoms with E-state index in [4.69, 9.17) is 15.3 Å². The van der Waals surface area contributed by atoms with E-state index < -0.39 is 5.09 Å². The normalized spacial score (nSPS) is 10.9. The zero-order valence-corrected chi connectivity index (χ0v) is 14.7. The Balaban J connectivity index is 0. The van der Waals surface area contributed by atoms with Crippen LogP contribution < -0.4 is 0 Å². The lowest BCUT2D eigenvalue weighted by molar-refractivity contribution is -0.969. The van der Waals surface area contributed by atoms with Gasteiger partial charge in [0.25, 0.3) is 0 Å². The molecule has 0 atom stereocenters. The molecular weight excluding hydrogens is 268 g/mol. The second-order valence-corrected chi connectivity index (χ2v) is 5.90. The Kier molecular flexibility index (Phi) is 16.6. The van der Waals surface area contributed by atoms with Gasteiger partial charge in [0.15, 0.2) is 0 Å². The summed E-state index contributed by atoms with van der Waals surface area (Å²) in [6.45, 7) is 15.0. The van der Waals surface area contributed by atoms with Gasteiger partial charge in [0.1, 0.15) is 4.91 Å². The molecule has 0 bridgehead atoms. The summed E-state index contributed by atoms with van der Waals surface area (Å²) in [4.78, 5) is 8.47. The first kappa shape index (κ1) is 22.4. The Morgan fingerprint density at radius 3 is 1.00 bits per heavy atom. The molecule has 0 aliphatic carbocycles. The minimum absolute atomic E-state index is 1.25. The quantitative estimate of drug-likeness (QED) is 0.411. The summed E-state index contributed by atoms with van der Waals surface area (Å²) in [7, 11) is 0. The topological polar surface area (TPSA) is 60.5 Å². The van der Waals surface area contributed by atoms with Crippen molar-refractivity contribution in [2.24, 2.45) is 0 Å². The SMILES string of the molecule is CCCC[N+](CCCC)(CCCC)CCCC.O=[N+](O)O. The first-order valence-corrected chi connectivity index (χ1v) is 8.68. The van der Waals surface area contributed by atoms with Gasteiger partial charge in [-0.1, -0.05) is 53.4 Å². The Bertz CT molecular complexity index is 194. The second-order valence-electron chi connectivity index (χ2n) is 5.90. The summed E-state index contributed by atoms with van der Waals surface area (Å²) in [6.07, 6.45) is 11.1. The highest BCUT2D eigenvalue weighted by atomic mass is 16.9. The van der Waals surface area contributed by atoms with Crippen molar-refractivity contribution in [1.82, 2.24) is 0 Å². The predicted molar refractivity (Wildman–Crippen MR) is 86.6 cm³/mol. The Morgan fingerprint density at radius 1 is 0.667 bits per heavy atom. The smallest absolute Gasteiger partial charge is 0.324 e. The van der Waals surface area contributed by atoms with Crippen molar-refractivity contribution in [3.05, 3.63) is 4.91 Å². The van der Waals surface area contributed by atoms with Crippen LogP contribution in [0.2, 0.25) is 0 Å². The number of unbranched alkanes of at least 4 members (excludes halogenated alkanes) is 4. The molecule has 0 rings (SSSR count). The second kappa shape index (κ2) is 15.5. The third-order valence-corrected chi connectivity index (χ3v) is 3.94. The van der Waals surface area contributed by atoms with E-state index in [1.54, 1.807) is 0 Å². The molecule has 0 saturated heterocycles. The molecule has 5 nitrogen and oxygen atoms in total. The largest absolute Gasteiger partial charge is 0.472 e. The third kappa shape index (κ3) is 15.4. The number of hydrogen-bond donors (Lipinski definition) is 2. The molecule has 0 aromatic heterocycles. The molecule has 2 N–H and O–H groups in total. The van der Waals surface area contributed by atoms with Crippen LogP contribution in [-0.2, 0) is 0 Å². The van der Waals surface area contributed by atoms with E-state index in [-0.39, 0.29) is 0 Å². The molecule has 0 aromatic rings. The van der Waals surface area contributed by atoms with E-state index in [0.717, 1.165) is 0 Å². The fraction of sp³-hybridized carbons (Fsp3) is 1.00. The molecule has 0 spiro atoms. The Labute approximate surface area is 131 Å². The van der Waals surface area contributed by atoms with Gasteiger partial charge in [-0.2, -0.15) is 0 Å². The minimum Gasteiger partial charge on any atom is -0.324 e. The summed E-state index contributed by atoms with van der Waals surface area (Å²) in [5.41, 5.74) is 0. The van der Waals surface area contributed by atoms with E-state index >= 15 is 0 Å². The molecular formula is C16H38N2O3+2. The van der Waals surface area contributed by atoms with Crippen molar-refractivity contribution in [1.29, 1.82) is 0 Å². The lowest BCUT2D eigenvalue weighted by Gasteiger charge is -2.39. The summed E-state index contributed by atoms with van der Waals surface area (Å²) in [5.74, 6) is 0. The van der Waals surface area contributed by atoms with Gasteiger partial charge in [-0.05, 0) is 25.7 Å². The zero-order chi connectivity index (χ0) is 16.6. The number of hydrogen-bond acceptors (Lipinski definition) is 1.